The molecular formula is C59H40N4O. The van der Waals surface area contributed by atoms with E-state index < -0.39 is 5.41 Å². The van der Waals surface area contributed by atoms with Gasteiger partial charge in [-0.25, -0.2) is 15.0 Å². The molecule has 1 aliphatic heterocycles. The molecule has 64 heavy (non-hydrogen) atoms. The molecule has 0 amide bonds. The van der Waals surface area contributed by atoms with Crippen LogP contribution in [0.2, 0.25) is 0 Å². The SMILES string of the molecule is Cc1nc(-c2cccc(-c3ccccc3)c2)nc(-c2ccc3c(c2)-c2ccccc2C32c3ccccc3Oc3c(-c4cccc(-c5cc(C)c(-c6ccccc6)cn5)c4)cccc32)n1. The molecule has 0 fully saturated rings. The highest BCUT2D eigenvalue weighted by molar-refractivity contribution is 5.92. The van der Waals surface area contributed by atoms with E-state index in [0.29, 0.717) is 17.5 Å². The van der Waals surface area contributed by atoms with Crippen molar-refractivity contribution in [3.63, 3.8) is 0 Å². The Morgan fingerprint density at radius 2 is 0.953 bits per heavy atom. The average molecular weight is 821 g/mol. The quantitative estimate of drug-likeness (QED) is 0.167. The van der Waals surface area contributed by atoms with Crippen molar-refractivity contribution in [2.75, 3.05) is 0 Å². The summed E-state index contributed by atoms with van der Waals surface area (Å²) in [7, 11) is 0. The summed E-state index contributed by atoms with van der Waals surface area (Å²) in [5.41, 5.74) is 18.0. The van der Waals surface area contributed by atoms with Gasteiger partial charge < -0.3 is 4.74 Å². The lowest BCUT2D eigenvalue weighted by Crippen LogP contribution is -2.32. The van der Waals surface area contributed by atoms with E-state index >= 15 is 0 Å². The number of fused-ring (bicyclic) bond motifs is 9. The molecule has 302 valence electrons. The van der Waals surface area contributed by atoms with Crippen molar-refractivity contribution >= 4 is 0 Å². The number of hydrogen-bond acceptors (Lipinski definition) is 5. The van der Waals surface area contributed by atoms with E-state index in [1.807, 2.05) is 25.3 Å². The van der Waals surface area contributed by atoms with Crippen LogP contribution in [-0.2, 0) is 5.41 Å². The van der Waals surface area contributed by atoms with Crippen LogP contribution >= 0.6 is 0 Å². The summed E-state index contributed by atoms with van der Waals surface area (Å²) in [4.78, 5) is 19.8. The van der Waals surface area contributed by atoms with E-state index in [2.05, 4.69) is 195 Å². The van der Waals surface area contributed by atoms with Gasteiger partial charge in [-0.3, -0.25) is 4.98 Å². The second-order valence-electron chi connectivity index (χ2n) is 16.6. The van der Waals surface area contributed by atoms with Crippen LogP contribution in [0.5, 0.6) is 11.5 Å². The summed E-state index contributed by atoms with van der Waals surface area (Å²) in [6, 6.07) is 70.8. The molecule has 0 saturated heterocycles. The third-order valence-electron chi connectivity index (χ3n) is 12.9. The average Bonchev–Trinajstić information content (AvgIpc) is 3.64. The van der Waals surface area contributed by atoms with Crippen LogP contribution in [0.15, 0.2) is 206 Å². The third kappa shape index (κ3) is 6.00. The first kappa shape index (κ1) is 37.5. The van der Waals surface area contributed by atoms with Gasteiger partial charge in [-0.2, -0.15) is 0 Å². The van der Waals surface area contributed by atoms with Crippen LogP contribution in [0, 0.1) is 13.8 Å². The van der Waals surface area contributed by atoms with Crippen molar-refractivity contribution in [3.05, 3.63) is 240 Å². The largest absolute Gasteiger partial charge is 0.456 e. The highest BCUT2D eigenvalue weighted by atomic mass is 16.5. The van der Waals surface area contributed by atoms with Gasteiger partial charge in [0.15, 0.2) is 11.6 Å². The fraction of sp³-hybridized carbons (Fsp3) is 0.0508. The van der Waals surface area contributed by atoms with Gasteiger partial charge in [0, 0.05) is 45.1 Å². The smallest absolute Gasteiger partial charge is 0.163 e. The predicted molar refractivity (Wildman–Crippen MR) is 257 cm³/mol. The molecule has 3 heterocycles. The first-order valence-corrected chi connectivity index (χ1v) is 21.7. The second kappa shape index (κ2) is 15.0. The number of aromatic nitrogens is 4. The Morgan fingerprint density at radius 3 is 1.75 bits per heavy atom. The van der Waals surface area contributed by atoms with E-state index in [-0.39, 0.29) is 0 Å². The van der Waals surface area contributed by atoms with Gasteiger partial charge >= 0.3 is 0 Å². The topological polar surface area (TPSA) is 60.8 Å². The normalized spacial score (nSPS) is 14.3. The van der Waals surface area contributed by atoms with E-state index in [0.717, 1.165) is 84.0 Å². The molecule has 0 radical (unpaired) electrons. The molecule has 0 N–H and O–H groups in total. The first-order valence-electron chi connectivity index (χ1n) is 21.7. The minimum Gasteiger partial charge on any atom is -0.456 e. The van der Waals surface area contributed by atoms with Gasteiger partial charge in [0.25, 0.3) is 0 Å². The van der Waals surface area contributed by atoms with Crippen LogP contribution in [0.4, 0.5) is 0 Å². The molecule has 2 aromatic heterocycles. The summed E-state index contributed by atoms with van der Waals surface area (Å²) in [6.45, 7) is 4.10. The minimum absolute atomic E-state index is 0.642. The summed E-state index contributed by atoms with van der Waals surface area (Å²) in [6.07, 6.45) is 1.99. The Balaban J connectivity index is 0.988. The molecule has 12 rings (SSSR count). The van der Waals surface area contributed by atoms with Crippen LogP contribution < -0.4 is 4.74 Å². The maximum Gasteiger partial charge on any atom is 0.163 e. The fourth-order valence-corrected chi connectivity index (χ4v) is 9.98. The molecule has 0 saturated carbocycles. The van der Waals surface area contributed by atoms with Gasteiger partial charge in [0.05, 0.1) is 11.1 Å². The van der Waals surface area contributed by atoms with Crippen LogP contribution in [0.3, 0.4) is 0 Å². The van der Waals surface area contributed by atoms with E-state index in [1.54, 1.807) is 0 Å². The minimum atomic E-state index is -0.647. The number of hydrogen-bond donors (Lipinski definition) is 0. The summed E-state index contributed by atoms with van der Waals surface area (Å²) in [5.74, 6) is 3.65. The summed E-state index contributed by atoms with van der Waals surface area (Å²) < 4.78 is 7.06. The Kier molecular flexibility index (Phi) is 8.76. The first-order chi connectivity index (χ1) is 31.5. The molecule has 0 bridgehead atoms. The Bertz CT molecular complexity index is 3450. The molecule has 10 aromatic rings. The van der Waals surface area contributed by atoms with Crippen LogP contribution in [-0.4, -0.2) is 19.9 Å². The van der Waals surface area contributed by atoms with Crippen LogP contribution in [0.1, 0.15) is 33.6 Å². The second-order valence-corrected chi connectivity index (χ2v) is 16.6. The Labute approximate surface area is 372 Å². The lowest BCUT2D eigenvalue weighted by molar-refractivity contribution is 0.438. The molecule has 1 spiro atoms. The van der Waals surface area contributed by atoms with Crippen molar-refractivity contribution in [2.24, 2.45) is 0 Å². The van der Waals surface area contributed by atoms with E-state index in [9.17, 15) is 0 Å². The summed E-state index contributed by atoms with van der Waals surface area (Å²) in [5, 5.41) is 0. The highest BCUT2D eigenvalue weighted by Crippen LogP contribution is 2.63. The number of nitrogens with zero attached hydrogens (tertiary/aromatic N) is 4. The molecule has 1 atom stereocenters. The van der Waals surface area contributed by atoms with Gasteiger partial charge in [0.1, 0.15) is 17.3 Å². The fourth-order valence-electron chi connectivity index (χ4n) is 9.98. The number of benzene rings is 8. The predicted octanol–water partition coefficient (Wildman–Crippen LogP) is 14.4. The number of para-hydroxylation sites is 2. The summed E-state index contributed by atoms with van der Waals surface area (Å²) >= 11 is 0. The number of aryl methyl sites for hydroxylation is 2. The zero-order valence-electron chi connectivity index (χ0n) is 35.3. The van der Waals surface area contributed by atoms with Crippen molar-refractivity contribution in [1.82, 2.24) is 19.9 Å². The number of ether oxygens (including phenoxy) is 1. The van der Waals surface area contributed by atoms with Crippen molar-refractivity contribution in [2.45, 2.75) is 19.3 Å². The maximum atomic E-state index is 7.06. The van der Waals surface area contributed by atoms with Crippen molar-refractivity contribution < 1.29 is 4.74 Å². The van der Waals surface area contributed by atoms with Crippen molar-refractivity contribution in [1.29, 1.82) is 0 Å². The van der Waals surface area contributed by atoms with Gasteiger partial charge in [-0.15, -0.1) is 0 Å². The lowest BCUT2D eigenvalue weighted by Gasteiger charge is -2.40. The van der Waals surface area contributed by atoms with Gasteiger partial charge in [0.2, 0.25) is 0 Å². The molecule has 1 aliphatic carbocycles. The third-order valence-corrected chi connectivity index (χ3v) is 12.9. The zero-order chi connectivity index (χ0) is 42.8. The van der Waals surface area contributed by atoms with E-state index in [1.165, 1.54) is 22.3 Å². The maximum absolute atomic E-state index is 7.06. The van der Waals surface area contributed by atoms with Gasteiger partial charge in [-0.05, 0) is 94.3 Å². The molecule has 1 unspecified atom stereocenters. The number of pyridine rings is 1. The molecule has 5 heteroatoms. The van der Waals surface area contributed by atoms with Crippen molar-refractivity contribution in [3.8, 4) is 90.0 Å². The lowest BCUT2D eigenvalue weighted by atomic mass is 9.65. The van der Waals surface area contributed by atoms with E-state index in [4.69, 9.17) is 24.7 Å². The number of rotatable bonds is 6. The molecule has 5 nitrogen and oxygen atoms in total. The Morgan fingerprint density at radius 1 is 0.375 bits per heavy atom. The standard InChI is InChI=1S/C59H40N4O/c1-37-32-54(60-36-49(37)40-18-7-4-8-19-40)43-22-14-21-42(34-43)46-25-15-28-53-56(46)64-55-29-12-11-27-52(55)59(53)50-26-10-9-24-47(50)48-35-45(30-31-51(48)59)58-62-38(2)61-57(63-58)44-23-13-20-41(33-44)39-16-5-3-6-17-39/h3-36H,1-2H3. The Hall–Kier alpha value is -8.28. The van der Waals surface area contributed by atoms with Gasteiger partial charge in [-0.1, -0.05) is 170 Å². The van der Waals surface area contributed by atoms with Crippen LogP contribution in [0.25, 0.3) is 78.5 Å². The molecule has 8 aromatic carbocycles. The highest BCUT2D eigenvalue weighted by Gasteiger charge is 2.51. The molecular weight excluding hydrogens is 781 g/mol. The molecule has 2 aliphatic rings. The monoisotopic (exact) mass is 820 g/mol. The zero-order valence-corrected chi connectivity index (χ0v) is 35.3.